The predicted octanol–water partition coefficient (Wildman–Crippen LogP) is 3.26. The number of nitrogens with two attached hydrogens (primary N) is 1. The highest BCUT2D eigenvalue weighted by Crippen LogP contribution is 2.15. The Labute approximate surface area is 91.3 Å². The third-order valence-corrected chi connectivity index (χ3v) is 2.97. The molecule has 0 spiro atoms. The van der Waals surface area contributed by atoms with E-state index in [0.717, 1.165) is 17.9 Å². The summed E-state index contributed by atoms with van der Waals surface area (Å²) < 4.78 is 0. The van der Waals surface area contributed by atoms with Gasteiger partial charge < -0.3 is 5.73 Å². The number of hydrogen-bond acceptors (Lipinski definition) is 1. The normalized spacial score (nSPS) is 15.1. The number of benzene rings is 1. The summed E-state index contributed by atoms with van der Waals surface area (Å²) in [6, 6.07) is 8.16. The lowest BCUT2D eigenvalue weighted by Gasteiger charge is -2.18. The van der Waals surface area contributed by atoms with Gasteiger partial charge in [-0.25, -0.2) is 0 Å². The van der Waals surface area contributed by atoms with E-state index in [9.17, 15) is 0 Å². The van der Waals surface area contributed by atoms with Gasteiger partial charge in [-0.2, -0.15) is 0 Å². The van der Waals surface area contributed by atoms with E-state index in [4.69, 9.17) is 17.3 Å². The summed E-state index contributed by atoms with van der Waals surface area (Å²) in [4.78, 5) is 0. The summed E-state index contributed by atoms with van der Waals surface area (Å²) in [7, 11) is 0. The van der Waals surface area contributed by atoms with Gasteiger partial charge in [0.1, 0.15) is 0 Å². The van der Waals surface area contributed by atoms with Gasteiger partial charge in [0.15, 0.2) is 0 Å². The van der Waals surface area contributed by atoms with Crippen LogP contribution in [0.2, 0.25) is 5.02 Å². The van der Waals surface area contributed by atoms with Crippen LogP contribution in [-0.2, 0) is 6.42 Å². The number of rotatable bonds is 4. The monoisotopic (exact) mass is 211 g/mol. The Kier molecular flexibility index (Phi) is 4.43. The molecule has 0 fully saturated rings. The second kappa shape index (κ2) is 5.38. The Morgan fingerprint density at radius 1 is 1.43 bits per heavy atom. The van der Waals surface area contributed by atoms with Crippen LogP contribution < -0.4 is 5.73 Å². The van der Waals surface area contributed by atoms with Gasteiger partial charge in [0.05, 0.1) is 0 Å². The smallest absolute Gasteiger partial charge is 0.0408 e. The van der Waals surface area contributed by atoms with Crippen LogP contribution in [-0.4, -0.2) is 6.04 Å². The average Bonchev–Trinajstić information content (AvgIpc) is 2.16. The summed E-state index contributed by atoms with van der Waals surface area (Å²) in [6.07, 6.45) is 2.04. The van der Waals surface area contributed by atoms with E-state index in [1.54, 1.807) is 0 Å². The van der Waals surface area contributed by atoms with Crippen molar-refractivity contribution in [3.05, 3.63) is 34.9 Å². The molecule has 0 bridgehead atoms. The Bertz CT molecular complexity index is 285. The van der Waals surface area contributed by atoms with Crippen molar-refractivity contribution in [3.8, 4) is 0 Å². The molecule has 0 amide bonds. The lowest BCUT2D eigenvalue weighted by atomic mass is 9.94. The second-order valence-electron chi connectivity index (χ2n) is 3.88. The molecule has 14 heavy (non-hydrogen) atoms. The average molecular weight is 212 g/mol. The predicted molar refractivity (Wildman–Crippen MR) is 62.6 cm³/mol. The minimum absolute atomic E-state index is 0.235. The topological polar surface area (TPSA) is 26.0 Å². The minimum Gasteiger partial charge on any atom is -0.327 e. The van der Waals surface area contributed by atoms with Crippen LogP contribution in [0, 0.1) is 5.92 Å². The van der Waals surface area contributed by atoms with E-state index in [-0.39, 0.29) is 6.04 Å². The summed E-state index contributed by atoms with van der Waals surface area (Å²) in [5, 5.41) is 0.791. The maximum Gasteiger partial charge on any atom is 0.0408 e. The van der Waals surface area contributed by atoms with Crippen LogP contribution in [0.1, 0.15) is 25.8 Å². The Balaban J connectivity index is 2.60. The van der Waals surface area contributed by atoms with Gasteiger partial charge >= 0.3 is 0 Å². The van der Waals surface area contributed by atoms with Crippen molar-refractivity contribution in [1.29, 1.82) is 0 Å². The molecule has 1 nitrogen and oxygen atoms in total. The van der Waals surface area contributed by atoms with E-state index in [0.29, 0.717) is 5.92 Å². The van der Waals surface area contributed by atoms with E-state index in [2.05, 4.69) is 19.9 Å². The van der Waals surface area contributed by atoms with Crippen LogP contribution in [0.3, 0.4) is 0 Å². The quantitative estimate of drug-likeness (QED) is 0.813. The van der Waals surface area contributed by atoms with Gasteiger partial charge in [-0.3, -0.25) is 0 Å². The van der Waals surface area contributed by atoms with Crippen LogP contribution in [0.25, 0.3) is 0 Å². The molecule has 0 radical (unpaired) electrons. The van der Waals surface area contributed by atoms with Crippen molar-refractivity contribution < 1.29 is 0 Å². The zero-order valence-electron chi connectivity index (χ0n) is 8.83. The highest BCUT2D eigenvalue weighted by molar-refractivity contribution is 6.30. The molecule has 0 aromatic heterocycles. The first kappa shape index (κ1) is 11.5. The molecule has 2 unspecified atom stereocenters. The van der Waals surface area contributed by atoms with E-state index >= 15 is 0 Å². The molecule has 1 aromatic rings. The lowest BCUT2D eigenvalue weighted by Crippen LogP contribution is -2.30. The van der Waals surface area contributed by atoms with Crippen molar-refractivity contribution >= 4 is 11.6 Å². The fraction of sp³-hybridized carbons (Fsp3) is 0.500. The molecule has 78 valence electrons. The summed E-state index contributed by atoms with van der Waals surface area (Å²) in [6.45, 7) is 4.36. The van der Waals surface area contributed by atoms with Gasteiger partial charge in [-0.1, -0.05) is 44.0 Å². The molecule has 0 aliphatic heterocycles. The maximum atomic E-state index is 6.07. The SMILES string of the molecule is CCC(C)C(N)Cc1cccc(Cl)c1. The number of hydrogen-bond donors (Lipinski definition) is 1. The first-order chi connectivity index (χ1) is 6.63. The zero-order chi connectivity index (χ0) is 10.6. The van der Waals surface area contributed by atoms with Gasteiger partial charge in [0.25, 0.3) is 0 Å². The van der Waals surface area contributed by atoms with Gasteiger partial charge in [0.2, 0.25) is 0 Å². The number of halogens is 1. The summed E-state index contributed by atoms with van der Waals surface area (Å²) in [5.74, 6) is 0.564. The van der Waals surface area contributed by atoms with Gasteiger partial charge in [-0.05, 0) is 30.0 Å². The largest absolute Gasteiger partial charge is 0.327 e. The molecule has 1 rings (SSSR count). The van der Waals surface area contributed by atoms with Crippen LogP contribution >= 0.6 is 11.6 Å². The Hall–Kier alpha value is -0.530. The Morgan fingerprint density at radius 2 is 2.14 bits per heavy atom. The summed E-state index contributed by atoms with van der Waals surface area (Å²) >= 11 is 5.90. The molecule has 1 aromatic carbocycles. The van der Waals surface area contributed by atoms with Crippen molar-refractivity contribution in [2.45, 2.75) is 32.7 Å². The fourth-order valence-corrected chi connectivity index (χ4v) is 1.65. The van der Waals surface area contributed by atoms with E-state index < -0.39 is 0 Å². The van der Waals surface area contributed by atoms with Crippen LogP contribution in [0.4, 0.5) is 0 Å². The van der Waals surface area contributed by atoms with Crippen molar-refractivity contribution in [3.63, 3.8) is 0 Å². The Morgan fingerprint density at radius 3 is 2.71 bits per heavy atom. The maximum absolute atomic E-state index is 6.07. The third-order valence-electron chi connectivity index (χ3n) is 2.74. The van der Waals surface area contributed by atoms with Gasteiger partial charge in [-0.15, -0.1) is 0 Å². The highest BCUT2D eigenvalue weighted by atomic mass is 35.5. The second-order valence-corrected chi connectivity index (χ2v) is 4.32. The van der Waals surface area contributed by atoms with Crippen LogP contribution in [0.15, 0.2) is 24.3 Å². The molecular formula is C12H18ClN. The molecule has 0 saturated carbocycles. The van der Waals surface area contributed by atoms with Crippen molar-refractivity contribution in [1.82, 2.24) is 0 Å². The molecule has 2 atom stereocenters. The first-order valence-electron chi connectivity index (χ1n) is 5.13. The molecule has 0 saturated heterocycles. The standard InChI is InChI=1S/C12H18ClN/c1-3-9(2)12(14)8-10-5-4-6-11(13)7-10/h4-7,9,12H,3,8,14H2,1-2H3. The van der Waals surface area contributed by atoms with E-state index in [1.165, 1.54) is 5.56 Å². The molecule has 0 heterocycles. The van der Waals surface area contributed by atoms with Crippen LogP contribution in [0.5, 0.6) is 0 Å². The highest BCUT2D eigenvalue weighted by Gasteiger charge is 2.11. The summed E-state index contributed by atoms with van der Waals surface area (Å²) in [5.41, 5.74) is 7.29. The first-order valence-corrected chi connectivity index (χ1v) is 5.51. The van der Waals surface area contributed by atoms with Crippen molar-refractivity contribution in [2.75, 3.05) is 0 Å². The molecule has 0 aliphatic carbocycles. The third kappa shape index (κ3) is 3.32. The molecule has 2 N–H and O–H groups in total. The fourth-order valence-electron chi connectivity index (χ4n) is 1.44. The molecule has 2 heteroatoms. The lowest BCUT2D eigenvalue weighted by molar-refractivity contribution is 0.440. The van der Waals surface area contributed by atoms with Crippen molar-refractivity contribution in [2.24, 2.45) is 11.7 Å². The zero-order valence-corrected chi connectivity index (χ0v) is 9.59. The van der Waals surface area contributed by atoms with Gasteiger partial charge in [0, 0.05) is 11.1 Å². The van der Waals surface area contributed by atoms with E-state index in [1.807, 2.05) is 18.2 Å². The molecule has 0 aliphatic rings. The molecular weight excluding hydrogens is 194 g/mol. The minimum atomic E-state index is 0.235.